The zero-order valence-corrected chi connectivity index (χ0v) is 7.18. The highest BCUT2D eigenvalue weighted by atomic mass is 19.3. The Morgan fingerprint density at radius 3 is 2.36 bits per heavy atom. The molecule has 2 N–H and O–H groups in total. The van der Waals surface area contributed by atoms with Gasteiger partial charge in [0.15, 0.2) is 0 Å². The van der Waals surface area contributed by atoms with E-state index in [2.05, 4.69) is 0 Å². The van der Waals surface area contributed by atoms with Gasteiger partial charge < -0.3 is 5.73 Å². The molecule has 0 aromatic heterocycles. The molecule has 1 aromatic rings. The maximum Gasteiger partial charge on any atom is 0.253 e. The maximum absolute atomic E-state index is 12.9. The molecule has 1 rings (SSSR count). The predicted octanol–water partition coefficient (Wildman–Crippen LogP) is 2.10. The van der Waals surface area contributed by atoms with Gasteiger partial charge in [-0.05, 0) is 18.1 Å². The van der Waals surface area contributed by atoms with Crippen LogP contribution in [0.5, 0.6) is 0 Å². The molecular weight excluding hydrogens is 198 g/mol. The van der Waals surface area contributed by atoms with Crippen molar-refractivity contribution < 1.29 is 17.6 Å². The summed E-state index contributed by atoms with van der Waals surface area (Å²) in [6.45, 7) is 0. The van der Waals surface area contributed by atoms with Gasteiger partial charge in [0.2, 0.25) is 0 Å². The first-order valence-electron chi connectivity index (χ1n) is 3.98. The first-order valence-corrected chi connectivity index (χ1v) is 3.98. The van der Waals surface area contributed by atoms with E-state index in [1.54, 1.807) is 0 Å². The second-order valence-corrected chi connectivity index (χ2v) is 2.94. The summed E-state index contributed by atoms with van der Waals surface area (Å²) in [5, 5.41) is 0. The summed E-state index contributed by atoms with van der Waals surface area (Å²) in [6.07, 6.45) is -3.01. The van der Waals surface area contributed by atoms with Crippen molar-refractivity contribution in [2.45, 2.75) is 18.9 Å². The lowest BCUT2D eigenvalue weighted by molar-refractivity contribution is 0.115. The van der Waals surface area contributed by atoms with Crippen LogP contribution in [-0.4, -0.2) is 12.5 Å². The zero-order chi connectivity index (χ0) is 10.7. The quantitative estimate of drug-likeness (QED) is 0.754. The van der Waals surface area contributed by atoms with E-state index >= 15 is 0 Å². The number of rotatable bonds is 3. The molecule has 0 amide bonds. The van der Waals surface area contributed by atoms with Crippen LogP contribution in [0.3, 0.4) is 0 Å². The average Bonchev–Trinajstić information content (AvgIpc) is 2.09. The number of hydrogen-bond acceptors (Lipinski definition) is 1. The number of alkyl halides is 2. The van der Waals surface area contributed by atoms with Crippen LogP contribution < -0.4 is 5.73 Å². The monoisotopic (exact) mass is 207 g/mol. The minimum atomic E-state index is -2.71. The highest BCUT2D eigenvalue weighted by Gasteiger charge is 2.17. The number of nitrogens with two attached hydrogens (primary N) is 1. The molecule has 1 atom stereocenters. The van der Waals surface area contributed by atoms with Crippen molar-refractivity contribution in [3.8, 4) is 0 Å². The fraction of sp³-hybridized carbons (Fsp3) is 0.333. The smallest absolute Gasteiger partial charge is 0.253 e. The third-order valence-electron chi connectivity index (χ3n) is 1.79. The minimum absolute atomic E-state index is 0.000741. The summed E-state index contributed by atoms with van der Waals surface area (Å²) in [7, 11) is 0. The molecule has 0 heterocycles. The van der Waals surface area contributed by atoms with Gasteiger partial charge in [0, 0.05) is 6.07 Å². The molecule has 0 aliphatic heterocycles. The Morgan fingerprint density at radius 1 is 1.21 bits per heavy atom. The molecule has 0 aliphatic rings. The summed E-state index contributed by atoms with van der Waals surface area (Å²) in [4.78, 5) is 0. The molecule has 1 aromatic carbocycles. The average molecular weight is 207 g/mol. The summed E-state index contributed by atoms with van der Waals surface area (Å²) in [5.41, 5.74) is 5.04. The third kappa shape index (κ3) is 2.70. The van der Waals surface area contributed by atoms with E-state index in [0.717, 1.165) is 12.1 Å². The SMILES string of the molecule is NC(Cc1ccc(F)cc1F)C(F)F. The molecule has 0 saturated carbocycles. The Hall–Kier alpha value is -1.10. The Kier molecular flexibility index (Phi) is 3.46. The second-order valence-electron chi connectivity index (χ2n) is 2.94. The van der Waals surface area contributed by atoms with E-state index < -0.39 is 24.1 Å². The van der Waals surface area contributed by atoms with Gasteiger partial charge in [-0.15, -0.1) is 0 Å². The molecule has 1 unspecified atom stereocenters. The van der Waals surface area contributed by atoms with Crippen LogP contribution in [0.4, 0.5) is 17.6 Å². The molecule has 0 bridgehead atoms. The molecule has 0 aliphatic carbocycles. The Balaban J connectivity index is 2.77. The van der Waals surface area contributed by atoms with E-state index in [0.29, 0.717) is 6.07 Å². The van der Waals surface area contributed by atoms with Gasteiger partial charge in [-0.2, -0.15) is 0 Å². The van der Waals surface area contributed by atoms with Gasteiger partial charge in [-0.1, -0.05) is 6.07 Å². The fourth-order valence-corrected chi connectivity index (χ4v) is 1.03. The van der Waals surface area contributed by atoms with Crippen LogP contribution in [0.2, 0.25) is 0 Å². The van der Waals surface area contributed by atoms with Crippen molar-refractivity contribution >= 4 is 0 Å². The van der Waals surface area contributed by atoms with Crippen molar-refractivity contribution in [3.05, 3.63) is 35.4 Å². The molecule has 0 spiro atoms. The van der Waals surface area contributed by atoms with Gasteiger partial charge in [0.1, 0.15) is 11.6 Å². The first kappa shape index (κ1) is 11.0. The van der Waals surface area contributed by atoms with Crippen molar-refractivity contribution in [2.75, 3.05) is 0 Å². The molecule has 0 fully saturated rings. The fourth-order valence-electron chi connectivity index (χ4n) is 1.03. The standard InChI is InChI=1S/C9H9F4N/c10-6-2-1-5(7(11)4-6)3-8(14)9(12)13/h1-2,4,8-9H,3,14H2. The molecule has 0 saturated heterocycles. The lowest BCUT2D eigenvalue weighted by atomic mass is 10.1. The molecule has 14 heavy (non-hydrogen) atoms. The highest BCUT2D eigenvalue weighted by molar-refractivity contribution is 5.19. The maximum atomic E-state index is 12.9. The van der Waals surface area contributed by atoms with Gasteiger partial charge in [-0.3, -0.25) is 0 Å². The lowest BCUT2D eigenvalue weighted by Crippen LogP contribution is -2.31. The van der Waals surface area contributed by atoms with Crippen LogP contribution in [-0.2, 0) is 6.42 Å². The summed E-state index contributed by atoms with van der Waals surface area (Å²) in [6, 6.07) is 1.35. The second kappa shape index (κ2) is 4.41. The van der Waals surface area contributed by atoms with Crippen LogP contribution in [0, 0.1) is 11.6 Å². The van der Waals surface area contributed by atoms with Gasteiger partial charge in [0.25, 0.3) is 6.43 Å². The lowest BCUT2D eigenvalue weighted by Gasteiger charge is -2.10. The van der Waals surface area contributed by atoms with Gasteiger partial charge in [-0.25, -0.2) is 17.6 Å². The summed E-state index contributed by atoms with van der Waals surface area (Å²) >= 11 is 0. The van der Waals surface area contributed by atoms with Crippen molar-refractivity contribution in [3.63, 3.8) is 0 Å². The molecule has 0 radical (unpaired) electrons. The summed E-state index contributed by atoms with van der Waals surface area (Å²) < 4.78 is 49.4. The van der Waals surface area contributed by atoms with E-state index in [4.69, 9.17) is 5.73 Å². The van der Waals surface area contributed by atoms with E-state index in [9.17, 15) is 17.6 Å². The van der Waals surface area contributed by atoms with Gasteiger partial charge >= 0.3 is 0 Å². The van der Waals surface area contributed by atoms with E-state index in [1.807, 2.05) is 0 Å². The van der Waals surface area contributed by atoms with E-state index in [1.165, 1.54) is 0 Å². The Bertz CT molecular complexity index is 314. The predicted molar refractivity (Wildman–Crippen MR) is 44.0 cm³/mol. The Morgan fingerprint density at radius 2 is 1.86 bits per heavy atom. The van der Waals surface area contributed by atoms with Crippen molar-refractivity contribution in [1.82, 2.24) is 0 Å². The van der Waals surface area contributed by atoms with Crippen LogP contribution in [0.15, 0.2) is 18.2 Å². The summed E-state index contributed by atoms with van der Waals surface area (Å²) in [5.74, 6) is -1.59. The number of hydrogen-bond donors (Lipinski definition) is 1. The van der Waals surface area contributed by atoms with Crippen LogP contribution in [0.1, 0.15) is 5.56 Å². The van der Waals surface area contributed by atoms with Crippen molar-refractivity contribution in [1.29, 1.82) is 0 Å². The highest BCUT2D eigenvalue weighted by Crippen LogP contribution is 2.13. The molecule has 1 nitrogen and oxygen atoms in total. The molecule has 78 valence electrons. The Labute approximate surface area is 78.5 Å². The van der Waals surface area contributed by atoms with Crippen LogP contribution in [0.25, 0.3) is 0 Å². The van der Waals surface area contributed by atoms with E-state index in [-0.39, 0.29) is 12.0 Å². The van der Waals surface area contributed by atoms with Crippen LogP contribution >= 0.6 is 0 Å². The largest absolute Gasteiger partial charge is 0.323 e. The first-order chi connectivity index (χ1) is 6.50. The minimum Gasteiger partial charge on any atom is -0.323 e. The number of benzene rings is 1. The zero-order valence-electron chi connectivity index (χ0n) is 7.18. The normalized spacial score (nSPS) is 13.3. The third-order valence-corrected chi connectivity index (χ3v) is 1.79. The van der Waals surface area contributed by atoms with Gasteiger partial charge in [0.05, 0.1) is 6.04 Å². The molecular formula is C9H9F4N. The van der Waals surface area contributed by atoms with Crippen molar-refractivity contribution in [2.24, 2.45) is 5.73 Å². The topological polar surface area (TPSA) is 26.0 Å². The number of halogens is 4. The molecule has 5 heteroatoms.